The van der Waals surface area contributed by atoms with Crippen molar-refractivity contribution in [1.82, 2.24) is 14.5 Å². The first-order valence-electron chi connectivity index (χ1n) is 7.87. The standard InChI is InChI=1S/C18H17N3O3/c22-18(20-9-11-23-12-10-20)21-8-5-14-13-16(1-2-17(14)21)24-15-3-6-19-7-4-15/h1-8,13H,9-12H2. The quantitative estimate of drug-likeness (QED) is 0.727. The molecule has 3 aromatic rings. The maximum Gasteiger partial charge on any atom is 0.328 e. The van der Waals surface area contributed by atoms with Crippen molar-refractivity contribution < 1.29 is 14.3 Å². The molecule has 0 atom stereocenters. The Morgan fingerprint density at radius 2 is 1.83 bits per heavy atom. The van der Waals surface area contributed by atoms with Crippen LogP contribution in [0.1, 0.15) is 0 Å². The highest BCUT2D eigenvalue weighted by molar-refractivity contribution is 5.92. The second kappa shape index (κ2) is 6.33. The van der Waals surface area contributed by atoms with E-state index in [1.807, 2.05) is 29.2 Å². The Morgan fingerprint density at radius 3 is 2.62 bits per heavy atom. The summed E-state index contributed by atoms with van der Waals surface area (Å²) in [4.78, 5) is 18.4. The molecule has 122 valence electrons. The zero-order valence-corrected chi connectivity index (χ0v) is 13.1. The van der Waals surface area contributed by atoms with Gasteiger partial charge in [0.25, 0.3) is 0 Å². The molecule has 1 amide bonds. The largest absolute Gasteiger partial charge is 0.457 e. The maximum absolute atomic E-state index is 12.6. The molecular formula is C18H17N3O3. The number of pyridine rings is 1. The number of rotatable bonds is 2. The molecule has 1 fully saturated rings. The van der Waals surface area contributed by atoms with Crippen molar-refractivity contribution in [3.63, 3.8) is 0 Å². The molecule has 1 aliphatic rings. The fourth-order valence-corrected chi connectivity index (χ4v) is 2.80. The molecule has 0 N–H and O–H groups in total. The van der Waals surface area contributed by atoms with Gasteiger partial charge in [0.05, 0.1) is 18.7 Å². The van der Waals surface area contributed by atoms with Crippen molar-refractivity contribution in [1.29, 1.82) is 0 Å². The van der Waals surface area contributed by atoms with Crippen molar-refractivity contribution in [3.8, 4) is 11.5 Å². The summed E-state index contributed by atoms with van der Waals surface area (Å²) in [5, 5.41) is 0.961. The summed E-state index contributed by atoms with van der Waals surface area (Å²) < 4.78 is 12.8. The van der Waals surface area contributed by atoms with E-state index in [2.05, 4.69) is 4.98 Å². The van der Waals surface area contributed by atoms with Crippen molar-refractivity contribution in [2.24, 2.45) is 0 Å². The Kier molecular flexibility index (Phi) is 3.88. The SMILES string of the molecule is O=C(N1CCOCC1)n1ccc2cc(Oc3ccncc3)ccc21. The minimum atomic E-state index is -0.0175. The van der Waals surface area contributed by atoms with Gasteiger partial charge < -0.3 is 14.4 Å². The number of hydrogen-bond donors (Lipinski definition) is 0. The topological polar surface area (TPSA) is 56.6 Å². The first-order chi connectivity index (χ1) is 11.8. The number of ether oxygens (including phenoxy) is 2. The molecule has 0 bridgehead atoms. The van der Waals surface area contributed by atoms with Crippen LogP contribution in [0.3, 0.4) is 0 Å². The molecule has 4 rings (SSSR count). The van der Waals surface area contributed by atoms with Crippen molar-refractivity contribution >= 4 is 16.9 Å². The zero-order chi connectivity index (χ0) is 16.4. The molecule has 3 heterocycles. The second-order valence-electron chi connectivity index (χ2n) is 5.57. The third-order valence-electron chi connectivity index (χ3n) is 4.03. The summed E-state index contributed by atoms with van der Waals surface area (Å²) in [6, 6.07) is 11.2. The highest BCUT2D eigenvalue weighted by Gasteiger charge is 2.19. The first kappa shape index (κ1) is 14.7. The highest BCUT2D eigenvalue weighted by Crippen LogP contribution is 2.26. The van der Waals surface area contributed by atoms with Gasteiger partial charge in [-0.1, -0.05) is 0 Å². The molecule has 24 heavy (non-hydrogen) atoms. The lowest BCUT2D eigenvalue weighted by molar-refractivity contribution is 0.0538. The minimum absolute atomic E-state index is 0.0175. The monoisotopic (exact) mass is 323 g/mol. The molecule has 0 radical (unpaired) electrons. The van der Waals surface area contributed by atoms with E-state index in [4.69, 9.17) is 9.47 Å². The third kappa shape index (κ3) is 2.83. The van der Waals surface area contributed by atoms with Gasteiger partial charge in [-0.25, -0.2) is 4.79 Å². The van der Waals surface area contributed by atoms with Crippen LogP contribution in [0.5, 0.6) is 11.5 Å². The summed E-state index contributed by atoms with van der Waals surface area (Å²) >= 11 is 0. The smallest absolute Gasteiger partial charge is 0.328 e. The summed E-state index contributed by atoms with van der Waals surface area (Å²) in [6.07, 6.45) is 5.18. The van der Waals surface area contributed by atoms with Gasteiger partial charge in [-0.05, 0) is 36.4 Å². The van der Waals surface area contributed by atoms with Crippen molar-refractivity contribution in [2.45, 2.75) is 0 Å². The summed E-state index contributed by atoms with van der Waals surface area (Å²) in [7, 11) is 0. The number of morpholine rings is 1. The number of carbonyl (C=O) groups excluding carboxylic acids is 1. The summed E-state index contributed by atoms with van der Waals surface area (Å²) in [5.74, 6) is 1.46. The number of amides is 1. The van der Waals surface area contributed by atoms with Gasteiger partial charge in [-0.3, -0.25) is 9.55 Å². The molecule has 6 heteroatoms. The molecule has 0 spiro atoms. The maximum atomic E-state index is 12.6. The lowest BCUT2D eigenvalue weighted by Gasteiger charge is -2.27. The van der Waals surface area contributed by atoms with Gasteiger partial charge in [0.2, 0.25) is 0 Å². The average molecular weight is 323 g/mol. The van der Waals surface area contributed by atoms with E-state index < -0.39 is 0 Å². The first-order valence-corrected chi connectivity index (χ1v) is 7.87. The van der Waals surface area contributed by atoms with Gasteiger partial charge in [-0.2, -0.15) is 0 Å². The van der Waals surface area contributed by atoms with E-state index in [9.17, 15) is 4.79 Å². The molecule has 6 nitrogen and oxygen atoms in total. The Hall–Kier alpha value is -2.86. The number of benzene rings is 1. The van der Waals surface area contributed by atoms with Crippen molar-refractivity contribution in [2.75, 3.05) is 26.3 Å². The normalized spacial score (nSPS) is 14.8. The lowest BCUT2D eigenvalue weighted by Crippen LogP contribution is -2.42. The zero-order valence-electron chi connectivity index (χ0n) is 13.1. The Labute approximate surface area is 139 Å². The van der Waals surface area contributed by atoms with Gasteiger partial charge in [0, 0.05) is 37.1 Å². The van der Waals surface area contributed by atoms with Gasteiger partial charge in [0.15, 0.2) is 0 Å². The van der Waals surface area contributed by atoms with E-state index >= 15 is 0 Å². The molecule has 0 aliphatic carbocycles. The fourth-order valence-electron chi connectivity index (χ4n) is 2.80. The van der Waals surface area contributed by atoms with Crippen LogP contribution in [0.25, 0.3) is 10.9 Å². The number of aromatic nitrogens is 2. The molecule has 1 aliphatic heterocycles. The van der Waals surface area contributed by atoms with Crippen LogP contribution in [0.2, 0.25) is 0 Å². The molecule has 0 saturated carbocycles. The van der Waals surface area contributed by atoms with Gasteiger partial charge in [0.1, 0.15) is 11.5 Å². The van der Waals surface area contributed by atoms with Gasteiger partial charge in [-0.15, -0.1) is 0 Å². The van der Waals surface area contributed by atoms with E-state index in [0.717, 1.165) is 22.4 Å². The third-order valence-corrected chi connectivity index (χ3v) is 4.03. The summed E-state index contributed by atoms with van der Waals surface area (Å²) in [5.41, 5.74) is 0.869. The number of nitrogens with zero attached hydrogens (tertiary/aromatic N) is 3. The van der Waals surface area contributed by atoms with Crippen molar-refractivity contribution in [3.05, 3.63) is 55.0 Å². The van der Waals surface area contributed by atoms with E-state index in [1.165, 1.54) is 0 Å². The van der Waals surface area contributed by atoms with Crippen LogP contribution < -0.4 is 4.74 Å². The fraction of sp³-hybridized carbons (Fsp3) is 0.222. The second-order valence-corrected chi connectivity index (χ2v) is 5.57. The summed E-state index contributed by atoms with van der Waals surface area (Å²) in [6.45, 7) is 2.44. The number of fused-ring (bicyclic) bond motifs is 1. The molecule has 1 saturated heterocycles. The van der Waals surface area contributed by atoms with Crippen LogP contribution in [0.4, 0.5) is 4.79 Å². The minimum Gasteiger partial charge on any atom is -0.457 e. The number of hydrogen-bond acceptors (Lipinski definition) is 4. The van der Waals surface area contributed by atoms with E-state index in [-0.39, 0.29) is 6.03 Å². The average Bonchev–Trinajstić information content (AvgIpc) is 3.06. The van der Waals surface area contributed by atoms with Crippen LogP contribution >= 0.6 is 0 Å². The molecular weight excluding hydrogens is 306 g/mol. The van der Waals surface area contributed by atoms with E-state index in [1.54, 1.807) is 35.3 Å². The molecule has 1 aromatic carbocycles. The van der Waals surface area contributed by atoms with Crippen LogP contribution in [0, 0.1) is 0 Å². The van der Waals surface area contributed by atoms with E-state index in [0.29, 0.717) is 26.3 Å². The van der Waals surface area contributed by atoms with Crippen LogP contribution in [-0.2, 0) is 4.74 Å². The predicted octanol–water partition coefficient (Wildman–Crippen LogP) is 3.13. The lowest BCUT2D eigenvalue weighted by atomic mass is 10.2. The Morgan fingerprint density at radius 1 is 1.04 bits per heavy atom. The predicted molar refractivity (Wildman–Crippen MR) is 89.4 cm³/mol. The van der Waals surface area contributed by atoms with Crippen LogP contribution in [-0.4, -0.2) is 46.8 Å². The Balaban J connectivity index is 1.59. The molecule has 0 unspecified atom stereocenters. The molecule has 2 aromatic heterocycles. The number of carbonyl (C=O) groups is 1. The Bertz CT molecular complexity index is 854. The van der Waals surface area contributed by atoms with Gasteiger partial charge >= 0.3 is 6.03 Å². The highest BCUT2D eigenvalue weighted by atomic mass is 16.5. The van der Waals surface area contributed by atoms with Crippen LogP contribution in [0.15, 0.2) is 55.0 Å².